The van der Waals surface area contributed by atoms with Crippen LogP contribution in [0.25, 0.3) is 22.9 Å². The smallest absolute Gasteiger partial charge is 0.134 e. The molecule has 0 amide bonds. The van der Waals surface area contributed by atoms with Crippen molar-refractivity contribution in [2.75, 3.05) is 0 Å². The normalized spacial score (nSPS) is 11.3. The predicted molar refractivity (Wildman–Crippen MR) is 105 cm³/mol. The van der Waals surface area contributed by atoms with Gasteiger partial charge in [-0.3, -0.25) is 0 Å². The fourth-order valence-corrected chi connectivity index (χ4v) is 3.49. The summed E-state index contributed by atoms with van der Waals surface area (Å²) in [5.41, 5.74) is 5.96. The Labute approximate surface area is 154 Å². The van der Waals surface area contributed by atoms with E-state index in [0.29, 0.717) is 5.57 Å². The summed E-state index contributed by atoms with van der Waals surface area (Å²) in [7, 11) is 0. The van der Waals surface area contributed by atoms with E-state index in [-0.39, 0.29) is 0 Å². The molecule has 0 radical (unpaired) electrons. The number of nitrogens with zero attached hydrogens (tertiary/aromatic N) is 2. The fourth-order valence-electron chi connectivity index (χ4n) is 2.44. The standard InChI is InChI=1S/C20H15BrN2S/c1-13-3-4-16(14(2)9-13)10-17(11-22)20-23-19(12-24-20)15-5-7-18(21)8-6-15/h3-10,12H,1-2H3/b17-10+. The average molecular weight is 395 g/mol. The largest absolute Gasteiger partial charge is 0.235 e. The number of benzene rings is 2. The van der Waals surface area contributed by atoms with Crippen molar-refractivity contribution < 1.29 is 0 Å². The highest BCUT2D eigenvalue weighted by Crippen LogP contribution is 2.28. The zero-order chi connectivity index (χ0) is 17.1. The van der Waals surface area contributed by atoms with Gasteiger partial charge in [0.2, 0.25) is 0 Å². The first-order valence-electron chi connectivity index (χ1n) is 7.48. The molecule has 0 N–H and O–H groups in total. The Morgan fingerprint density at radius 1 is 1.17 bits per heavy atom. The Balaban J connectivity index is 1.96. The molecule has 1 aromatic heterocycles. The summed E-state index contributed by atoms with van der Waals surface area (Å²) >= 11 is 4.93. The molecule has 3 aromatic rings. The van der Waals surface area contributed by atoms with Crippen molar-refractivity contribution in [2.24, 2.45) is 0 Å². The Kier molecular flexibility index (Phi) is 4.94. The SMILES string of the molecule is Cc1ccc(/C=C(\C#N)c2nc(-c3ccc(Br)cc3)cs2)c(C)c1. The molecule has 0 aliphatic rings. The molecule has 0 bridgehead atoms. The van der Waals surface area contributed by atoms with Gasteiger partial charge in [0.1, 0.15) is 11.1 Å². The summed E-state index contributed by atoms with van der Waals surface area (Å²) < 4.78 is 1.04. The van der Waals surface area contributed by atoms with Gasteiger partial charge in [0.15, 0.2) is 0 Å². The van der Waals surface area contributed by atoms with Crippen LogP contribution >= 0.6 is 27.3 Å². The summed E-state index contributed by atoms with van der Waals surface area (Å²) in [6.07, 6.45) is 1.92. The second-order valence-electron chi connectivity index (χ2n) is 5.57. The number of allylic oxidation sites excluding steroid dienone is 1. The third-order valence-corrected chi connectivity index (χ3v) is 5.12. The Bertz CT molecular complexity index is 947. The summed E-state index contributed by atoms with van der Waals surface area (Å²) in [6.45, 7) is 4.12. The maximum Gasteiger partial charge on any atom is 0.134 e. The van der Waals surface area contributed by atoms with Crippen molar-refractivity contribution in [3.05, 3.63) is 74.0 Å². The van der Waals surface area contributed by atoms with E-state index < -0.39 is 0 Å². The lowest BCUT2D eigenvalue weighted by Crippen LogP contribution is -1.86. The molecule has 0 saturated carbocycles. The minimum absolute atomic E-state index is 0.593. The molecule has 1 heterocycles. The van der Waals surface area contributed by atoms with E-state index in [1.165, 1.54) is 16.9 Å². The first-order chi connectivity index (χ1) is 11.6. The van der Waals surface area contributed by atoms with Gasteiger partial charge < -0.3 is 0 Å². The average Bonchev–Trinajstić information content (AvgIpc) is 3.05. The summed E-state index contributed by atoms with van der Waals surface area (Å²) in [5, 5.41) is 12.3. The molecule has 2 aromatic carbocycles. The first kappa shape index (κ1) is 16.6. The number of nitriles is 1. The van der Waals surface area contributed by atoms with Crippen LogP contribution in [-0.2, 0) is 0 Å². The maximum atomic E-state index is 9.54. The van der Waals surface area contributed by atoms with Crippen molar-refractivity contribution in [1.29, 1.82) is 5.26 Å². The van der Waals surface area contributed by atoms with Crippen LogP contribution in [-0.4, -0.2) is 4.98 Å². The van der Waals surface area contributed by atoms with Crippen molar-refractivity contribution >= 4 is 38.9 Å². The van der Waals surface area contributed by atoms with E-state index in [1.54, 1.807) is 0 Å². The van der Waals surface area contributed by atoms with Crippen LogP contribution in [0.15, 0.2) is 52.3 Å². The number of rotatable bonds is 3. The van der Waals surface area contributed by atoms with E-state index in [1.807, 2.05) is 41.8 Å². The molecule has 118 valence electrons. The van der Waals surface area contributed by atoms with Gasteiger partial charge >= 0.3 is 0 Å². The monoisotopic (exact) mass is 394 g/mol. The summed E-state index contributed by atoms with van der Waals surface area (Å²) in [6, 6.07) is 16.5. The van der Waals surface area contributed by atoms with E-state index in [4.69, 9.17) is 0 Å². The van der Waals surface area contributed by atoms with Gasteiger partial charge in [-0.05, 0) is 43.2 Å². The summed E-state index contributed by atoms with van der Waals surface area (Å²) in [4.78, 5) is 4.64. The number of hydrogen-bond acceptors (Lipinski definition) is 3. The van der Waals surface area contributed by atoms with Crippen LogP contribution in [0.4, 0.5) is 0 Å². The minimum Gasteiger partial charge on any atom is -0.235 e. The minimum atomic E-state index is 0.593. The molecule has 4 heteroatoms. The predicted octanol–water partition coefficient (Wildman–Crippen LogP) is 6.25. The molecule has 3 rings (SSSR count). The fraction of sp³-hybridized carbons (Fsp3) is 0.100. The highest BCUT2D eigenvalue weighted by atomic mass is 79.9. The highest BCUT2D eigenvalue weighted by molar-refractivity contribution is 9.10. The topological polar surface area (TPSA) is 36.7 Å². The molecule has 24 heavy (non-hydrogen) atoms. The second kappa shape index (κ2) is 7.12. The third-order valence-electron chi connectivity index (χ3n) is 3.72. The summed E-state index contributed by atoms with van der Waals surface area (Å²) in [5.74, 6) is 0. The van der Waals surface area contributed by atoms with Crippen molar-refractivity contribution in [3.8, 4) is 17.3 Å². The first-order valence-corrected chi connectivity index (χ1v) is 9.15. The van der Waals surface area contributed by atoms with Gasteiger partial charge in [0.25, 0.3) is 0 Å². The quantitative estimate of drug-likeness (QED) is 0.491. The number of aromatic nitrogens is 1. The molecule has 0 atom stereocenters. The van der Waals surface area contributed by atoms with Gasteiger partial charge in [0.05, 0.1) is 11.3 Å². The molecule has 0 unspecified atom stereocenters. The number of halogens is 1. The van der Waals surface area contributed by atoms with Gasteiger partial charge in [-0.25, -0.2) is 4.98 Å². The molecular formula is C20H15BrN2S. The Hall–Kier alpha value is -2.22. The van der Waals surface area contributed by atoms with Crippen molar-refractivity contribution in [2.45, 2.75) is 13.8 Å². The lowest BCUT2D eigenvalue weighted by molar-refractivity contribution is 1.36. The van der Waals surface area contributed by atoms with E-state index >= 15 is 0 Å². The van der Waals surface area contributed by atoms with Crippen LogP contribution < -0.4 is 0 Å². The maximum absolute atomic E-state index is 9.54. The van der Waals surface area contributed by atoms with E-state index in [0.717, 1.165) is 31.9 Å². The Morgan fingerprint density at radius 3 is 2.58 bits per heavy atom. The van der Waals surface area contributed by atoms with Crippen molar-refractivity contribution in [1.82, 2.24) is 4.98 Å². The molecule has 0 fully saturated rings. The number of aryl methyl sites for hydroxylation is 2. The molecule has 0 aliphatic carbocycles. The van der Waals surface area contributed by atoms with Crippen LogP contribution in [0.5, 0.6) is 0 Å². The van der Waals surface area contributed by atoms with Crippen LogP contribution in [0.1, 0.15) is 21.7 Å². The van der Waals surface area contributed by atoms with Crippen molar-refractivity contribution in [3.63, 3.8) is 0 Å². The lowest BCUT2D eigenvalue weighted by Gasteiger charge is -2.02. The van der Waals surface area contributed by atoms with Crippen LogP contribution in [0, 0.1) is 25.2 Å². The van der Waals surface area contributed by atoms with E-state index in [9.17, 15) is 5.26 Å². The third kappa shape index (κ3) is 3.64. The highest BCUT2D eigenvalue weighted by Gasteiger charge is 2.10. The zero-order valence-corrected chi connectivity index (χ0v) is 15.8. The molecule has 0 spiro atoms. The van der Waals surface area contributed by atoms with Gasteiger partial charge in [-0.1, -0.05) is 51.8 Å². The van der Waals surface area contributed by atoms with Gasteiger partial charge in [0, 0.05) is 15.4 Å². The molecular weight excluding hydrogens is 380 g/mol. The number of hydrogen-bond donors (Lipinski definition) is 0. The zero-order valence-electron chi connectivity index (χ0n) is 13.4. The van der Waals surface area contributed by atoms with Gasteiger partial charge in [-0.2, -0.15) is 5.26 Å². The van der Waals surface area contributed by atoms with E-state index in [2.05, 4.69) is 53.0 Å². The molecule has 0 aliphatic heterocycles. The molecule has 0 saturated heterocycles. The van der Waals surface area contributed by atoms with Crippen LogP contribution in [0.2, 0.25) is 0 Å². The van der Waals surface area contributed by atoms with Crippen LogP contribution in [0.3, 0.4) is 0 Å². The van der Waals surface area contributed by atoms with Gasteiger partial charge in [-0.15, -0.1) is 11.3 Å². The second-order valence-corrected chi connectivity index (χ2v) is 7.35. The number of thiazole rings is 1. The Morgan fingerprint density at radius 2 is 1.92 bits per heavy atom. The lowest BCUT2D eigenvalue weighted by atomic mass is 10.0. The molecule has 2 nitrogen and oxygen atoms in total.